The van der Waals surface area contributed by atoms with E-state index >= 15 is 0 Å². The Morgan fingerprint density at radius 1 is 0.935 bits per heavy atom. The van der Waals surface area contributed by atoms with Crippen molar-refractivity contribution in [2.75, 3.05) is 0 Å². The first-order valence-corrected chi connectivity index (χ1v) is 10.8. The van der Waals surface area contributed by atoms with Gasteiger partial charge in [0.25, 0.3) is 0 Å². The second-order valence-electron chi connectivity index (χ2n) is 8.15. The van der Waals surface area contributed by atoms with Gasteiger partial charge in [-0.15, -0.1) is 0 Å². The maximum Gasteiger partial charge on any atom is 0.160 e. The average Bonchev–Trinajstić information content (AvgIpc) is 3.28. The topological polar surface area (TPSA) is 59.4 Å². The molecule has 3 aromatic heterocycles. The van der Waals surface area contributed by atoms with Crippen LogP contribution in [0.15, 0.2) is 48.5 Å². The third kappa shape index (κ3) is 3.16. The fourth-order valence-electron chi connectivity index (χ4n) is 4.67. The summed E-state index contributed by atoms with van der Waals surface area (Å²) in [6.07, 6.45) is 1.37. The zero-order chi connectivity index (χ0) is 21.5. The first-order chi connectivity index (χ1) is 15.1. The fourth-order valence-corrected chi connectivity index (χ4v) is 4.67. The van der Waals surface area contributed by atoms with Gasteiger partial charge in [0.1, 0.15) is 11.3 Å². The summed E-state index contributed by atoms with van der Waals surface area (Å²) in [6, 6.07) is 19.5. The van der Waals surface area contributed by atoms with Crippen LogP contribution < -0.4 is 0 Å². The summed E-state index contributed by atoms with van der Waals surface area (Å²) in [5.74, 6) is 1.06. The molecule has 5 nitrogen and oxygen atoms in total. The molecule has 5 heteroatoms. The van der Waals surface area contributed by atoms with E-state index in [0.29, 0.717) is 13.0 Å². The predicted molar refractivity (Wildman–Crippen MR) is 125 cm³/mol. The zero-order valence-corrected chi connectivity index (χ0v) is 18.2. The van der Waals surface area contributed by atoms with Crippen molar-refractivity contribution in [3.8, 4) is 6.07 Å². The van der Waals surface area contributed by atoms with Crippen molar-refractivity contribution in [3.05, 3.63) is 71.2 Å². The number of aromatic nitrogens is 4. The van der Waals surface area contributed by atoms with Crippen molar-refractivity contribution in [2.24, 2.45) is 0 Å². The molecule has 154 valence electrons. The summed E-state index contributed by atoms with van der Waals surface area (Å²) in [4.78, 5) is 9.70. The SMILES string of the molecule is CCc1nc2c(C)cc(C)nc2n1Cc1ccc2c(c1)c1ccccc1n2CCC#N. The molecule has 3 heterocycles. The maximum absolute atomic E-state index is 9.09. The molecule has 0 unspecified atom stereocenters. The molecule has 5 rings (SSSR count). The van der Waals surface area contributed by atoms with Crippen LogP contribution in [0.4, 0.5) is 0 Å². The molecule has 0 N–H and O–H groups in total. The lowest BCUT2D eigenvalue weighted by Crippen LogP contribution is -2.06. The molecule has 0 aliphatic rings. The van der Waals surface area contributed by atoms with Gasteiger partial charge in [0.15, 0.2) is 5.65 Å². The van der Waals surface area contributed by atoms with Gasteiger partial charge in [-0.1, -0.05) is 31.2 Å². The number of nitrogens with zero attached hydrogens (tertiary/aromatic N) is 5. The summed E-state index contributed by atoms with van der Waals surface area (Å²) < 4.78 is 4.52. The average molecular weight is 408 g/mol. The molecule has 0 radical (unpaired) electrons. The van der Waals surface area contributed by atoms with E-state index in [0.717, 1.165) is 35.6 Å². The highest BCUT2D eigenvalue weighted by molar-refractivity contribution is 6.08. The zero-order valence-electron chi connectivity index (χ0n) is 18.2. The van der Waals surface area contributed by atoms with Gasteiger partial charge in [0.05, 0.1) is 19.0 Å². The molecule has 0 atom stereocenters. The van der Waals surface area contributed by atoms with Crippen LogP contribution in [-0.4, -0.2) is 19.1 Å². The molecule has 0 aliphatic carbocycles. The lowest BCUT2D eigenvalue weighted by molar-refractivity contribution is 0.745. The molecule has 0 saturated heterocycles. The van der Waals surface area contributed by atoms with Crippen LogP contribution in [0, 0.1) is 25.2 Å². The van der Waals surface area contributed by atoms with E-state index in [1.165, 1.54) is 32.9 Å². The van der Waals surface area contributed by atoms with E-state index in [-0.39, 0.29) is 0 Å². The third-order valence-corrected chi connectivity index (χ3v) is 6.04. The van der Waals surface area contributed by atoms with Gasteiger partial charge in [0, 0.05) is 40.5 Å². The lowest BCUT2D eigenvalue weighted by Gasteiger charge is -2.09. The number of hydrogen-bond donors (Lipinski definition) is 0. The van der Waals surface area contributed by atoms with E-state index in [4.69, 9.17) is 15.2 Å². The van der Waals surface area contributed by atoms with Crippen LogP contribution in [0.2, 0.25) is 0 Å². The second kappa shape index (κ2) is 7.55. The van der Waals surface area contributed by atoms with Gasteiger partial charge in [-0.25, -0.2) is 9.97 Å². The van der Waals surface area contributed by atoms with Gasteiger partial charge in [-0.3, -0.25) is 0 Å². The number of nitriles is 1. The normalized spacial score (nSPS) is 11.5. The minimum Gasteiger partial charge on any atom is -0.339 e. The lowest BCUT2D eigenvalue weighted by atomic mass is 10.1. The van der Waals surface area contributed by atoms with Gasteiger partial charge >= 0.3 is 0 Å². The number of hydrogen-bond acceptors (Lipinski definition) is 3. The molecule has 0 aliphatic heterocycles. The van der Waals surface area contributed by atoms with Crippen LogP contribution >= 0.6 is 0 Å². The number of rotatable bonds is 5. The number of aryl methyl sites for hydroxylation is 4. The monoisotopic (exact) mass is 407 g/mol. The molecular weight excluding hydrogens is 382 g/mol. The van der Waals surface area contributed by atoms with Crippen molar-refractivity contribution < 1.29 is 0 Å². The summed E-state index contributed by atoms with van der Waals surface area (Å²) in [7, 11) is 0. The number of benzene rings is 2. The highest BCUT2D eigenvalue weighted by atomic mass is 15.1. The highest BCUT2D eigenvalue weighted by Crippen LogP contribution is 2.31. The van der Waals surface area contributed by atoms with Crippen LogP contribution in [-0.2, 0) is 19.5 Å². The number of pyridine rings is 1. The van der Waals surface area contributed by atoms with E-state index in [9.17, 15) is 0 Å². The van der Waals surface area contributed by atoms with Crippen LogP contribution in [0.25, 0.3) is 33.0 Å². The molecule has 0 amide bonds. The van der Waals surface area contributed by atoms with Gasteiger partial charge < -0.3 is 9.13 Å². The smallest absolute Gasteiger partial charge is 0.160 e. The molecule has 0 fully saturated rings. The first kappa shape index (κ1) is 19.3. The first-order valence-electron chi connectivity index (χ1n) is 10.8. The second-order valence-corrected chi connectivity index (χ2v) is 8.15. The van der Waals surface area contributed by atoms with Crippen molar-refractivity contribution in [3.63, 3.8) is 0 Å². The van der Waals surface area contributed by atoms with Crippen LogP contribution in [0.1, 0.15) is 36.0 Å². The molecule has 0 spiro atoms. The Balaban J connectivity index is 1.66. The van der Waals surface area contributed by atoms with E-state index in [1.807, 2.05) is 6.92 Å². The van der Waals surface area contributed by atoms with E-state index in [1.54, 1.807) is 0 Å². The summed E-state index contributed by atoms with van der Waals surface area (Å²) >= 11 is 0. The largest absolute Gasteiger partial charge is 0.339 e. The summed E-state index contributed by atoms with van der Waals surface area (Å²) in [5.41, 5.74) is 7.74. The van der Waals surface area contributed by atoms with Crippen molar-refractivity contribution >= 4 is 33.0 Å². The summed E-state index contributed by atoms with van der Waals surface area (Å²) in [5, 5.41) is 11.6. The number of imidazole rings is 1. The highest BCUT2D eigenvalue weighted by Gasteiger charge is 2.15. The van der Waals surface area contributed by atoms with Gasteiger partial charge in [-0.2, -0.15) is 5.26 Å². The Hall–Kier alpha value is -3.65. The Morgan fingerprint density at radius 3 is 2.55 bits per heavy atom. The third-order valence-electron chi connectivity index (χ3n) is 6.04. The van der Waals surface area contributed by atoms with E-state index in [2.05, 4.69) is 77.6 Å². The van der Waals surface area contributed by atoms with Crippen molar-refractivity contribution in [1.82, 2.24) is 19.1 Å². The quantitative estimate of drug-likeness (QED) is 0.376. The number of fused-ring (bicyclic) bond motifs is 4. The fraction of sp³-hybridized carbons (Fsp3) is 0.269. The molecule has 31 heavy (non-hydrogen) atoms. The molecular formula is C26H25N5. The van der Waals surface area contributed by atoms with Crippen molar-refractivity contribution in [2.45, 2.75) is 46.7 Å². The predicted octanol–water partition coefficient (Wildman–Crippen LogP) is 5.68. The van der Waals surface area contributed by atoms with Gasteiger partial charge in [-0.05, 0) is 49.2 Å². The van der Waals surface area contributed by atoms with Crippen LogP contribution in [0.5, 0.6) is 0 Å². The van der Waals surface area contributed by atoms with Crippen LogP contribution in [0.3, 0.4) is 0 Å². The molecule has 5 aromatic rings. The number of para-hydroxylation sites is 1. The van der Waals surface area contributed by atoms with E-state index < -0.39 is 0 Å². The van der Waals surface area contributed by atoms with Crippen molar-refractivity contribution in [1.29, 1.82) is 5.26 Å². The molecule has 0 bridgehead atoms. The standard InChI is InChI=1S/C26H25N5/c1-4-24-29-25-17(2)14-18(3)28-26(25)31(24)16-19-10-11-23-21(15-19)20-8-5-6-9-22(20)30(23)13-7-12-27/h5-6,8-11,14-15H,4,7,13,16H2,1-3H3. The summed E-state index contributed by atoms with van der Waals surface area (Å²) in [6.45, 7) is 7.73. The Labute approximate surface area is 181 Å². The molecule has 0 saturated carbocycles. The Bertz CT molecular complexity index is 1480. The molecule has 2 aromatic carbocycles. The maximum atomic E-state index is 9.09. The van der Waals surface area contributed by atoms with Gasteiger partial charge in [0.2, 0.25) is 0 Å². The minimum absolute atomic E-state index is 0.501. The Kier molecular flexibility index (Phi) is 4.71. The minimum atomic E-state index is 0.501. The Morgan fingerprint density at radius 2 is 1.74 bits per heavy atom.